The van der Waals surface area contributed by atoms with E-state index in [9.17, 15) is 0 Å². The molecule has 2 nitrogen and oxygen atoms in total. The molecule has 0 saturated carbocycles. The maximum absolute atomic E-state index is 4.66. The van der Waals surface area contributed by atoms with Crippen LogP contribution in [-0.2, 0) is 19.4 Å². The van der Waals surface area contributed by atoms with Crippen LogP contribution in [0.4, 0.5) is 0 Å². The zero-order valence-corrected chi connectivity index (χ0v) is 15.1. The molecular formula is C23H28N2. The van der Waals surface area contributed by atoms with Gasteiger partial charge in [0, 0.05) is 25.4 Å². The Kier molecular flexibility index (Phi) is 6.44. The van der Waals surface area contributed by atoms with E-state index in [2.05, 4.69) is 83.3 Å². The molecule has 1 heterocycles. The van der Waals surface area contributed by atoms with Gasteiger partial charge in [0.05, 0.1) is 0 Å². The van der Waals surface area contributed by atoms with Gasteiger partial charge in [-0.2, -0.15) is 0 Å². The van der Waals surface area contributed by atoms with Gasteiger partial charge in [-0.15, -0.1) is 0 Å². The Morgan fingerprint density at radius 3 is 2.32 bits per heavy atom. The summed E-state index contributed by atoms with van der Waals surface area (Å²) in [5, 5.41) is 0. The summed E-state index contributed by atoms with van der Waals surface area (Å²) in [7, 11) is 0. The van der Waals surface area contributed by atoms with E-state index in [1.54, 1.807) is 0 Å². The van der Waals surface area contributed by atoms with Crippen molar-refractivity contribution in [3.05, 3.63) is 90.0 Å². The lowest BCUT2D eigenvalue weighted by molar-refractivity contribution is 0.556. The molecular weight excluding hydrogens is 304 g/mol. The van der Waals surface area contributed by atoms with Gasteiger partial charge in [0.25, 0.3) is 0 Å². The van der Waals surface area contributed by atoms with Gasteiger partial charge >= 0.3 is 0 Å². The Bertz CT molecular complexity index is 731. The largest absolute Gasteiger partial charge is 0.335 e. The van der Waals surface area contributed by atoms with Gasteiger partial charge in [0.15, 0.2) is 0 Å². The first-order valence-electron chi connectivity index (χ1n) is 9.45. The normalized spacial score (nSPS) is 12.2. The zero-order chi connectivity index (χ0) is 17.3. The number of imidazole rings is 1. The van der Waals surface area contributed by atoms with Crippen molar-refractivity contribution in [1.29, 1.82) is 0 Å². The predicted molar refractivity (Wildman–Crippen MR) is 105 cm³/mol. The number of aromatic nitrogens is 2. The van der Waals surface area contributed by atoms with Crippen molar-refractivity contribution in [2.45, 2.75) is 51.5 Å². The monoisotopic (exact) mass is 332 g/mol. The van der Waals surface area contributed by atoms with Gasteiger partial charge in [-0.3, -0.25) is 0 Å². The summed E-state index contributed by atoms with van der Waals surface area (Å²) in [6.07, 6.45) is 9.88. The maximum atomic E-state index is 4.66. The van der Waals surface area contributed by atoms with Crippen LogP contribution in [0.5, 0.6) is 0 Å². The van der Waals surface area contributed by atoms with E-state index >= 15 is 0 Å². The minimum absolute atomic E-state index is 0.455. The Morgan fingerprint density at radius 2 is 1.60 bits per heavy atom. The molecule has 130 valence electrons. The zero-order valence-electron chi connectivity index (χ0n) is 15.1. The molecule has 0 saturated heterocycles. The van der Waals surface area contributed by atoms with Crippen LogP contribution in [-0.4, -0.2) is 9.55 Å². The fraction of sp³-hybridized carbons (Fsp3) is 0.348. The van der Waals surface area contributed by atoms with Crippen LogP contribution in [0.25, 0.3) is 0 Å². The minimum atomic E-state index is 0.455. The summed E-state index contributed by atoms with van der Waals surface area (Å²) >= 11 is 0. The predicted octanol–water partition coefficient (Wildman–Crippen LogP) is 5.64. The number of benzene rings is 2. The minimum Gasteiger partial charge on any atom is -0.335 e. The fourth-order valence-electron chi connectivity index (χ4n) is 3.42. The van der Waals surface area contributed by atoms with Crippen molar-refractivity contribution in [3.8, 4) is 0 Å². The van der Waals surface area contributed by atoms with Crippen molar-refractivity contribution in [3.63, 3.8) is 0 Å². The Balaban J connectivity index is 1.77. The summed E-state index contributed by atoms with van der Waals surface area (Å²) in [6.45, 7) is 3.33. The first-order chi connectivity index (χ1) is 12.4. The molecule has 1 atom stereocenters. The summed E-state index contributed by atoms with van der Waals surface area (Å²) in [6, 6.07) is 21.7. The average molecular weight is 332 g/mol. The highest BCUT2D eigenvalue weighted by molar-refractivity contribution is 5.25. The number of unbranched alkanes of at least 4 members (excludes halogenated alkanes) is 2. The Labute approximate surface area is 151 Å². The topological polar surface area (TPSA) is 17.8 Å². The molecule has 25 heavy (non-hydrogen) atoms. The van der Waals surface area contributed by atoms with Crippen molar-refractivity contribution in [2.24, 2.45) is 0 Å². The SMILES string of the molecule is CCCCCn1ccnc1CC(Cc1ccccc1)c1ccccc1. The van der Waals surface area contributed by atoms with Gasteiger partial charge in [-0.25, -0.2) is 4.98 Å². The van der Waals surface area contributed by atoms with Crippen LogP contribution in [0.2, 0.25) is 0 Å². The third-order valence-electron chi connectivity index (χ3n) is 4.83. The van der Waals surface area contributed by atoms with Gasteiger partial charge in [-0.05, 0) is 29.9 Å². The van der Waals surface area contributed by atoms with Crippen LogP contribution >= 0.6 is 0 Å². The van der Waals surface area contributed by atoms with E-state index in [1.165, 1.54) is 36.2 Å². The molecule has 0 aliphatic rings. The van der Waals surface area contributed by atoms with Crippen LogP contribution in [0.3, 0.4) is 0 Å². The van der Waals surface area contributed by atoms with E-state index in [0.717, 1.165) is 19.4 Å². The van der Waals surface area contributed by atoms with Crippen LogP contribution < -0.4 is 0 Å². The molecule has 0 bridgehead atoms. The highest BCUT2D eigenvalue weighted by Gasteiger charge is 2.16. The molecule has 0 aliphatic heterocycles. The second-order valence-electron chi connectivity index (χ2n) is 6.75. The molecule has 3 rings (SSSR count). The molecule has 0 amide bonds. The summed E-state index contributed by atoms with van der Waals surface area (Å²) in [5.41, 5.74) is 2.79. The molecule has 1 unspecified atom stereocenters. The molecule has 3 aromatic rings. The van der Waals surface area contributed by atoms with Gasteiger partial charge in [0.1, 0.15) is 5.82 Å². The second kappa shape index (κ2) is 9.22. The fourth-order valence-corrected chi connectivity index (χ4v) is 3.42. The molecule has 2 aromatic carbocycles. The first-order valence-corrected chi connectivity index (χ1v) is 9.45. The third-order valence-corrected chi connectivity index (χ3v) is 4.83. The van der Waals surface area contributed by atoms with Crippen LogP contribution in [0, 0.1) is 0 Å². The van der Waals surface area contributed by atoms with Gasteiger partial charge < -0.3 is 4.57 Å². The highest BCUT2D eigenvalue weighted by atomic mass is 15.1. The molecule has 1 aromatic heterocycles. The Morgan fingerprint density at radius 1 is 0.880 bits per heavy atom. The van der Waals surface area contributed by atoms with Crippen molar-refractivity contribution in [1.82, 2.24) is 9.55 Å². The Hall–Kier alpha value is -2.35. The number of hydrogen-bond donors (Lipinski definition) is 0. The smallest absolute Gasteiger partial charge is 0.109 e. The van der Waals surface area contributed by atoms with Crippen molar-refractivity contribution in [2.75, 3.05) is 0 Å². The van der Waals surface area contributed by atoms with E-state index in [4.69, 9.17) is 0 Å². The first kappa shape index (κ1) is 17.5. The lowest BCUT2D eigenvalue weighted by atomic mass is 9.89. The lowest BCUT2D eigenvalue weighted by Crippen LogP contribution is -2.12. The van der Waals surface area contributed by atoms with Gasteiger partial charge in [0.2, 0.25) is 0 Å². The molecule has 0 aliphatic carbocycles. The number of aryl methyl sites for hydroxylation is 1. The number of rotatable bonds is 9. The van der Waals surface area contributed by atoms with Crippen molar-refractivity contribution < 1.29 is 0 Å². The second-order valence-corrected chi connectivity index (χ2v) is 6.75. The number of nitrogens with zero attached hydrogens (tertiary/aromatic N) is 2. The maximum Gasteiger partial charge on any atom is 0.109 e. The molecule has 0 radical (unpaired) electrons. The molecule has 2 heteroatoms. The van der Waals surface area contributed by atoms with Crippen LogP contribution in [0.15, 0.2) is 73.1 Å². The summed E-state index contributed by atoms with van der Waals surface area (Å²) < 4.78 is 2.34. The third kappa shape index (κ3) is 5.06. The van der Waals surface area contributed by atoms with E-state index < -0.39 is 0 Å². The van der Waals surface area contributed by atoms with Crippen molar-refractivity contribution >= 4 is 0 Å². The summed E-state index contributed by atoms with van der Waals surface area (Å²) in [5.74, 6) is 1.66. The molecule has 0 N–H and O–H groups in total. The van der Waals surface area contributed by atoms with Gasteiger partial charge in [-0.1, -0.05) is 80.4 Å². The van der Waals surface area contributed by atoms with E-state index in [0.29, 0.717) is 5.92 Å². The van der Waals surface area contributed by atoms with E-state index in [1.807, 2.05) is 6.20 Å². The average Bonchev–Trinajstić information content (AvgIpc) is 3.10. The lowest BCUT2D eigenvalue weighted by Gasteiger charge is -2.18. The molecule has 0 fully saturated rings. The summed E-state index contributed by atoms with van der Waals surface area (Å²) in [4.78, 5) is 4.66. The standard InChI is InChI=1S/C23H28N2/c1-2-3-10-16-25-17-15-24-23(25)19-22(21-13-8-5-9-14-21)18-20-11-6-4-7-12-20/h4-9,11-15,17,22H,2-3,10,16,18-19H2,1H3. The molecule has 0 spiro atoms. The van der Waals surface area contributed by atoms with Crippen LogP contribution in [0.1, 0.15) is 49.1 Å². The number of hydrogen-bond acceptors (Lipinski definition) is 1. The van der Waals surface area contributed by atoms with E-state index in [-0.39, 0.29) is 0 Å². The quantitative estimate of drug-likeness (QED) is 0.463. The highest BCUT2D eigenvalue weighted by Crippen LogP contribution is 2.25.